The van der Waals surface area contributed by atoms with Crippen LogP contribution in [0.1, 0.15) is 18.5 Å². The molecule has 0 radical (unpaired) electrons. The zero-order valence-electron chi connectivity index (χ0n) is 7.96. The second-order valence-corrected chi connectivity index (χ2v) is 3.36. The van der Waals surface area contributed by atoms with Crippen LogP contribution in [0.5, 0.6) is 0 Å². The summed E-state index contributed by atoms with van der Waals surface area (Å²) >= 11 is 5.97. The predicted octanol–water partition coefficient (Wildman–Crippen LogP) is 2.70. The van der Waals surface area contributed by atoms with E-state index in [0.717, 1.165) is 5.56 Å². The molecule has 1 rings (SSSR count). The average Bonchev–Trinajstić information content (AvgIpc) is 2.18. The molecule has 0 bridgehead atoms. The van der Waals surface area contributed by atoms with Crippen molar-refractivity contribution in [2.24, 2.45) is 0 Å². The summed E-state index contributed by atoms with van der Waals surface area (Å²) in [4.78, 5) is 11.0. The summed E-state index contributed by atoms with van der Waals surface area (Å²) in [5, 5.41) is 3.40. The Morgan fingerprint density at radius 3 is 2.79 bits per heavy atom. The van der Waals surface area contributed by atoms with Gasteiger partial charge in [0.2, 0.25) is 5.91 Å². The third-order valence-corrected chi connectivity index (χ3v) is 2.26. The van der Waals surface area contributed by atoms with Gasteiger partial charge in [-0.25, -0.2) is 0 Å². The molecule has 1 N–H and O–H groups in total. The molecule has 0 aliphatic heterocycles. The van der Waals surface area contributed by atoms with Crippen molar-refractivity contribution in [2.75, 3.05) is 0 Å². The lowest BCUT2D eigenvalue weighted by molar-refractivity contribution is -0.117. The number of hydrogen-bond donors (Lipinski definition) is 1. The molecular formula is C11H12ClNO. The third kappa shape index (κ3) is 2.60. The van der Waals surface area contributed by atoms with Gasteiger partial charge in [0.25, 0.3) is 0 Å². The molecule has 1 aromatic rings. The highest BCUT2D eigenvalue weighted by Gasteiger charge is 2.09. The second kappa shape index (κ2) is 4.82. The highest BCUT2D eigenvalue weighted by molar-refractivity contribution is 6.31. The average molecular weight is 210 g/mol. The largest absolute Gasteiger partial charge is 0.346 e. The van der Waals surface area contributed by atoms with E-state index in [4.69, 9.17) is 11.6 Å². The molecule has 2 nitrogen and oxygen atoms in total. The number of hydrogen-bond acceptors (Lipinski definition) is 1. The van der Waals surface area contributed by atoms with E-state index in [1.807, 2.05) is 25.1 Å². The monoisotopic (exact) mass is 209 g/mol. The smallest absolute Gasteiger partial charge is 0.243 e. The molecule has 0 fully saturated rings. The Bertz CT molecular complexity index is 349. The van der Waals surface area contributed by atoms with Gasteiger partial charge in [0.1, 0.15) is 0 Å². The lowest BCUT2D eigenvalue weighted by Gasteiger charge is -2.14. The topological polar surface area (TPSA) is 29.1 Å². The Kier molecular flexibility index (Phi) is 3.72. The zero-order valence-corrected chi connectivity index (χ0v) is 8.71. The van der Waals surface area contributed by atoms with E-state index in [1.54, 1.807) is 6.07 Å². The number of halogens is 1. The first-order valence-corrected chi connectivity index (χ1v) is 4.70. The van der Waals surface area contributed by atoms with E-state index < -0.39 is 0 Å². The van der Waals surface area contributed by atoms with Gasteiger partial charge in [0.15, 0.2) is 0 Å². The van der Waals surface area contributed by atoms with Crippen molar-refractivity contribution in [1.29, 1.82) is 0 Å². The van der Waals surface area contributed by atoms with Crippen molar-refractivity contribution < 1.29 is 4.79 Å². The molecular weight excluding hydrogens is 198 g/mol. The number of carbonyl (C=O) groups excluding carboxylic acids is 1. The molecule has 1 aromatic carbocycles. The van der Waals surface area contributed by atoms with Crippen molar-refractivity contribution in [3.05, 3.63) is 47.5 Å². The summed E-state index contributed by atoms with van der Waals surface area (Å²) in [5.41, 5.74) is 0.907. The number of benzene rings is 1. The van der Waals surface area contributed by atoms with Gasteiger partial charge in [-0.15, -0.1) is 0 Å². The van der Waals surface area contributed by atoms with Gasteiger partial charge in [0, 0.05) is 5.02 Å². The van der Waals surface area contributed by atoms with Gasteiger partial charge < -0.3 is 5.32 Å². The predicted molar refractivity (Wildman–Crippen MR) is 58.2 cm³/mol. The molecule has 74 valence electrons. The van der Waals surface area contributed by atoms with Crippen LogP contribution in [0.2, 0.25) is 5.02 Å². The van der Waals surface area contributed by atoms with Crippen LogP contribution in [0.25, 0.3) is 0 Å². The Morgan fingerprint density at radius 2 is 2.21 bits per heavy atom. The molecule has 0 saturated heterocycles. The van der Waals surface area contributed by atoms with Crippen LogP contribution in [-0.4, -0.2) is 5.91 Å². The summed E-state index contributed by atoms with van der Waals surface area (Å²) in [6, 6.07) is 7.32. The normalized spacial score (nSPS) is 11.9. The second-order valence-electron chi connectivity index (χ2n) is 2.96. The van der Waals surface area contributed by atoms with Gasteiger partial charge in [-0.05, 0) is 24.6 Å². The van der Waals surface area contributed by atoms with Crippen LogP contribution >= 0.6 is 11.6 Å². The molecule has 0 saturated carbocycles. The molecule has 0 aliphatic rings. The van der Waals surface area contributed by atoms with Crippen LogP contribution < -0.4 is 5.32 Å². The summed E-state index contributed by atoms with van der Waals surface area (Å²) in [6.07, 6.45) is 1.24. The van der Waals surface area contributed by atoms with E-state index in [2.05, 4.69) is 11.9 Å². The minimum absolute atomic E-state index is 0.103. The highest BCUT2D eigenvalue weighted by Crippen LogP contribution is 2.21. The van der Waals surface area contributed by atoms with Crippen molar-refractivity contribution in [2.45, 2.75) is 13.0 Å². The number of nitrogens with one attached hydrogen (secondary N) is 1. The van der Waals surface area contributed by atoms with Crippen LogP contribution in [0.3, 0.4) is 0 Å². The number of amides is 1. The number of rotatable bonds is 3. The fourth-order valence-corrected chi connectivity index (χ4v) is 1.48. The van der Waals surface area contributed by atoms with E-state index in [9.17, 15) is 4.79 Å². The van der Waals surface area contributed by atoms with E-state index in [-0.39, 0.29) is 11.9 Å². The highest BCUT2D eigenvalue weighted by atomic mass is 35.5. The van der Waals surface area contributed by atoms with Gasteiger partial charge >= 0.3 is 0 Å². The standard InChI is InChI=1S/C11H12ClNO/c1-3-11(14)13-8(2)9-6-4-5-7-10(9)12/h3-8H,1H2,2H3,(H,13,14). The molecule has 14 heavy (non-hydrogen) atoms. The van der Waals surface area contributed by atoms with Crippen molar-refractivity contribution in [1.82, 2.24) is 5.32 Å². The van der Waals surface area contributed by atoms with E-state index in [1.165, 1.54) is 6.08 Å². The SMILES string of the molecule is C=CC(=O)NC(C)c1ccccc1Cl. The van der Waals surface area contributed by atoms with E-state index >= 15 is 0 Å². The van der Waals surface area contributed by atoms with Gasteiger partial charge in [-0.2, -0.15) is 0 Å². The Labute approximate surface area is 88.6 Å². The third-order valence-electron chi connectivity index (χ3n) is 1.92. The van der Waals surface area contributed by atoms with Gasteiger partial charge in [-0.3, -0.25) is 4.79 Å². The maximum absolute atomic E-state index is 11.0. The van der Waals surface area contributed by atoms with Crippen LogP contribution in [0, 0.1) is 0 Å². The molecule has 0 heterocycles. The minimum Gasteiger partial charge on any atom is -0.346 e. The minimum atomic E-state index is -0.197. The fourth-order valence-electron chi connectivity index (χ4n) is 1.18. The summed E-state index contributed by atoms with van der Waals surface area (Å²) < 4.78 is 0. The van der Waals surface area contributed by atoms with Crippen LogP contribution in [0.15, 0.2) is 36.9 Å². The Morgan fingerprint density at radius 1 is 1.57 bits per heavy atom. The Balaban J connectivity index is 2.79. The van der Waals surface area contributed by atoms with Crippen molar-refractivity contribution in [3.63, 3.8) is 0 Å². The van der Waals surface area contributed by atoms with Crippen molar-refractivity contribution in [3.8, 4) is 0 Å². The van der Waals surface area contributed by atoms with Crippen LogP contribution in [0.4, 0.5) is 0 Å². The molecule has 0 spiro atoms. The van der Waals surface area contributed by atoms with Gasteiger partial charge in [0.05, 0.1) is 6.04 Å². The van der Waals surface area contributed by atoms with Gasteiger partial charge in [-0.1, -0.05) is 36.4 Å². The molecule has 1 unspecified atom stereocenters. The fraction of sp³-hybridized carbons (Fsp3) is 0.182. The summed E-state index contributed by atoms with van der Waals surface area (Å²) in [7, 11) is 0. The molecule has 1 amide bonds. The lowest BCUT2D eigenvalue weighted by Crippen LogP contribution is -2.24. The molecule has 3 heteroatoms. The quantitative estimate of drug-likeness (QED) is 0.762. The maximum atomic E-state index is 11.0. The molecule has 0 aliphatic carbocycles. The summed E-state index contributed by atoms with van der Waals surface area (Å²) in [6.45, 7) is 5.26. The lowest BCUT2D eigenvalue weighted by atomic mass is 10.1. The molecule has 0 aromatic heterocycles. The Hall–Kier alpha value is -1.28. The molecule has 1 atom stereocenters. The number of carbonyl (C=O) groups is 1. The first kappa shape index (κ1) is 10.8. The van der Waals surface area contributed by atoms with E-state index in [0.29, 0.717) is 5.02 Å². The van der Waals surface area contributed by atoms with Crippen molar-refractivity contribution >= 4 is 17.5 Å². The summed E-state index contributed by atoms with van der Waals surface area (Å²) in [5.74, 6) is -0.197. The zero-order chi connectivity index (χ0) is 10.6. The first-order chi connectivity index (χ1) is 6.65. The van der Waals surface area contributed by atoms with Crippen LogP contribution in [-0.2, 0) is 4.79 Å². The maximum Gasteiger partial charge on any atom is 0.243 e. The first-order valence-electron chi connectivity index (χ1n) is 4.32.